The molecule has 0 amide bonds. The van der Waals surface area contributed by atoms with Gasteiger partial charge in [-0.25, -0.2) is 4.39 Å². The Bertz CT molecular complexity index is 1020. The third kappa shape index (κ3) is 3.57. The Balaban J connectivity index is 1.76. The van der Waals surface area contributed by atoms with E-state index in [0.717, 1.165) is 16.9 Å². The highest BCUT2D eigenvalue weighted by molar-refractivity contribution is 5.85. The Morgan fingerprint density at radius 2 is 1.77 bits per heavy atom. The van der Waals surface area contributed by atoms with Crippen LogP contribution < -0.4 is 4.74 Å². The summed E-state index contributed by atoms with van der Waals surface area (Å²) in [5.74, 6) is 0.221. The van der Waals surface area contributed by atoms with Gasteiger partial charge in [0.15, 0.2) is 6.23 Å². The van der Waals surface area contributed by atoms with Gasteiger partial charge in [0.25, 0.3) is 0 Å². The number of aliphatic hydroxyl groups excluding tert-OH is 4. The van der Waals surface area contributed by atoms with Crippen molar-refractivity contribution in [2.45, 2.75) is 37.1 Å². The van der Waals surface area contributed by atoms with Crippen molar-refractivity contribution in [3.63, 3.8) is 0 Å². The van der Waals surface area contributed by atoms with Crippen LogP contribution in [0.25, 0.3) is 10.9 Å². The van der Waals surface area contributed by atoms with E-state index in [9.17, 15) is 24.8 Å². The summed E-state index contributed by atoms with van der Waals surface area (Å²) in [5, 5.41) is 40.8. The highest BCUT2D eigenvalue weighted by atomic mass is 19.1. The number of nitrogens with zero attached hydrogens (tertiary/aromatic N) is 1. The van der Waals surface area contributed by atoms with E-state index in [1.54, 1.807) is 25.4 Å². The van der Waals surface area contributed by atoms with Crippen LogP contribution >= 0.6 is 0 Å². The number of hydrogen-bond acceptors (Lipinski definition) is 6. The number of rotatable bonds is 5. The molecule has 1 aromatic heterocycles. The molecule has 4 N–H and O–H groups in total. The van der Waals surface area contributed by atoms with Crippen molar-refractivity contribution in [2.75, 3.05) is 13.7 Å². The molecule has 1 aliphatic rings. The number of aliphatic hydroxyl groups is 4. The molecule has 4 rings (SSSR count). The lowest BCUT2D eigenvalue weighted by Crippen LogP contribution is -2.56. The zero-order valence-electron chi connectivity index (χ0n) is 16.4. The van der Waals surface area contributed by atoms with Crippen LogP contribution in [0, 0.1) is 5.82 Å². The summed E-state index contributed by atoms with van der Waals surface area (Å²) < 4.78 is 27.0. The van der Waals surface area contributed by atoms with Crippen molar-refractivity contribution in [2.24, 2.45) is 0 Å². The van der Waals surface area contributed by atoms with Crippen molar-refractivity contribution in [3.05, 3.63) is 65.6 Å². The van der Waals surface area contributed by atoms with Gasteiger partial charge in [0.05, 0.1) is 19.2 Å². The summed E-state index contributed by atoms with van der Waals surface area (Å²) >= 11 is 0. The molecule has 0 unspecified atom stereocenters. The molecule has 0 bridgehead atoms. The number of benzene rings is 2. The van der Waals surface area contributed by atoms with Crippen LogP contribution in [0.3, 0.4) is 0 Å². The summed E-state index contributed by atoms with van der Waals surface area (Å²) in [5.41, 5.74) is 1.99. The van der Waals surface area contributed by atoms with Crippen LogP contribution in [-0.2, 0) is 11.2 Å². The molecule has 7 nitrogen and oxygen atoms in total. The monoisotopic (exact) mass is 417 g/mol. The van der Waals surface area contributed by atoms with Gasteiger partial charge in [-0.2, -0.15) is 0 Å². The quantitative estimate of drug-likeness (QED) is 0.500. The maximum Gasteiger partial charge on any atom is 0.163 e. The minimum absolute atomic E-state index is 0.213. The van der Waals surface area contributed by atoms with Gasteiger partial charge in [0, 0.05) is 11.6 Å². The second kappa shape index (κ2) is 8.33. The third-order valence-corrected chi connectivity index (χ3v) is 5.58. The highest BCUT2D eigenvalue weighted by Crippen LogP contribution is 2.35. The fraction of sp³-hybridized carbons (Fsp3) is 0.364. The van der Waals surface area contributed by atoms with E-state index in [1.165, 1.54) is 10.6 Å². The lowest BCUT2D eigenvalue weighted by Gasteiger charge is -2.40. The van der Waals surface area contributed by atoms with Crippen LogP contribution in [0.1, 0.15) is 17.4 Å². The zero-order valence-corrected chi connectivity index (χ0v) is 16.4. The summed E-state index contributed by atoms with van der Waals surface area (Å²) in [6.45, 7) is -0.554. The Hall–Kier alpha value is -2.49. The Kier molecular flexibility index (Phi) is 5.77. The first-order chi connectivity index (χ1) is 14.4. The molecule has 0 spiro atoms. The van der Waals surface area contributed by atoms with Gasteiger partial charge >= 0.3 is 0 Å². The van der Waals surface area contributed by atoms with Crippen LogP contribution in [0.2, 0.25) is 0 Å². The number of halogens is 1. The van der Waals surface area contributed by atoms with E-state index in [1.807, 2.05) is 24.3 Å². The molecule has 0 radical (unpaired) electrons. The molecule has 5 atom stereocenters. The lowest BCUT2D eigenvalue weighted by molar-refractivity contribution is -0.250. The molecule has 0 saturated carbocycles. The molecule has 1 saturated heterocycles. The highest BCUT2D eigenvalue weighted by Gasteiger charge is 2.44. The number of ether oxygens (including phenoxy) is 2. The predicted molar refractivity (Wildman–Crippen MR) is 107 cm³/mol. The minimum atomic E-state index is -1.55. The normalized spacial score (nSPS) is 26.8. The van der Waals surface area contributed by atoms with Crippen molar-refractivity contribution in [1.82, 2.24) is 4.57 Å². The molecule has 8 heteroatoms. The van der Waals surface area contributed by atoms with Crippen molar-refractivity contribution in [3.8, 4) is 5.75 Å². The minimum Gasteiger partial charge on any atom is -0.497 e. The van der Waals surface area contributed by atoms with Crippen LogP contribution in [0.15, 0.2) is 48.7 Å². The number of para-hydroxylation sites is 1. The molecular weight excluding hydrogens is 393 g/mol. The first kappa shape index (κ1) is 20.8. The van der Waals surface area contributed by atoms with E-state index in [0.29, 0.717) is 11.8 Å². The SMILES string of the molecule is COc1ccc(Cc2cn([C@@H]3O[C@H](CO)[C@@H](O)[C@H](O)[C@H]3O)c3c(F)cccc23)cc1. The van der Waals surface area contributed by atoms with E-state index in [2.05, 4.69) is 0 Å². The van der Waals surface area contributed by atoms with Crippen molar-refractivity contribution < 1.29 is 34.3 Å². The van der Waals surface area contributed by atoms with E-state index in [-0.39, 0.29) is 5.52 Å². The second-order valence-electron chi connectivity index (χ2n) is 7.44. The van der Waals surface area contributed by atoms with E-state index >= 15 is 0 Å². The predicted octanol–water partition coefficient (Wildman–Crippen LogP) is 1.35. The Morgan fingerprint density at radius 1 is 1.03 bits per heavy atom. The molecule has 1 aliphatic heterocycles. The first-order valence-corrected chi connectivity index (χ1v) is 9.66. The largest absolute Gasteiger partial charge is 0.497 e. The molecule has 30 heavy (non-hydrogen) atoms. The summed E-state index contributed by atoms with van der Waals surface area (Å²) in [7, 11) is 1.59. The number of hydrogen-bond donors (Lipinski definition) is 4. The summed E-state index contributed by atoms with van der Waals surface area (Å²) in [6, 6.07) is 12.2. The number of methoxy groups -OCH3 is 1. The Labute approximate surface area is 172 Å². The maximum atomic E-state index is 14.8. The summed E-state index contributed by atoms with van der Waals surface area (Å²) in [4.78, 5) is 0. The van der Waals surface area contributed by atoms with Crippen molar-refractivity contribution in [1.29, 1.82) is 0 Å². The molecule has 1 fully saturated rings. The molecule has 2 aromatic carbocycles. The van der Waals surface area contributed by atoms with Crippen LogP contribution in [0.4, 0.5) is 4.39 Å². The van der Waals surface area contributed by atoms with Gasteiger partial charge < -0.3 is 34.5 Å². The topological polar surface area (TPSA) is 104 Å². The van der Waals surface area contributed by atoms with Crippen LogP contribution in [-0.4, -0.2) is 63.1 Å². The average molecular weight is 417 g/mol. The molecule has 160 valence electrons. The van der Waals surface area contributed by atoms with E-state index < -0.39 is 43.1 Å². The van der Waals surface area contributed by atoms with Crippen LogP contribution in [0.5, 0.6) is 5.75 Å². The van der Waals surface area contributed by atoms with Crippen molar-refractivity contribution >= 4 is 10.9 Å². The third-order valence-electron chi connectivity index (χ3n) is 5.58. The lowest BCUT2D eigenvalue weighted by atomic mass is 9.98. The molecule has 2 heterocycles. The molecular formula is C22H24FNO6. The Morgan fingerprint density at radius 3 is 2.43 bits per heavy atom. The number of aromatic nitrogens is 1. The standard InChI is InChI=1S/C22H24FNO6/c1-29-14-7-5-12(6-8-14)9-13-10-24(18-15(13)3-2-4-16(18)23)22-21(28)20(27)19(26)17(11-25)30-22/h2-8,10,17,19-22,25-28H,9,11H2,1H3/t17-,19-,20+,21-,22-/m1/s1. The summed E-state index contributed by atoms with van der Waals surface area (Å²) in [6.07, 6.45) is -4.63. The number of fused-ring (bicyclic) bond motifs is 1. The van der Waals surface area contributed by atoms with Gasteiger partial charge in [0.2, 0.25) is 0 Å². The second-order valence-corrected chi connectivity index (χ2v) is 7.44. The fourth-order valence-corrected chi connectivity index (χ4v) is 3.96. The van der Waals surface area contributed by atoms with E-state index in [4.69, 9.17) is 9.47 Å². The van der Waals surface area contributed by atoms with Gasteiger partial charge in [-0.1, -0.05) is 24.3 Å². The average Bonchev–Trinajstić information content (AvgIpc) is 3.12. The van der Waals surface area contributed by atoms with Gasteiger partial charge in [-0.15, -0.1) is 0 Å². The maximum absolute atomic E-state index is 14.8. The first-order valence-electron chi connectivity index (χ1n) is 9.66. The zero-order chi connectivity index (χ0) is 21.4. The van der Waals surface area contributed by atoms with Gasteiger partial charge in [-0.05, 0) is 35.7 Å². The smallest absolute Gasteiger partial charge is 0.163 e. The fourth-order valence-electron chi connectivity index (χ4n) is 3.96. The molecule has 3 aromatic rings. The van der Waals surface area contributed by atoms with Gasteiger partial charge in [-0.3, -0.25) is 0 Å². The van der Waals surface area contributed by atoms with Gasteiger partial charge in [0.1, 0.15) is 36.0 Å². The molecule has 0 aliphatic carbocycles.